The van der Waals surface area contributed by atoms with Gasteiger partial charge in [-0.25, -0.2) is 9.97 Å². The Balaban J connectivity index is 1.61. The molecule has 1 N–H and O–H groups in total. The maximum Gasteiger partial charge on any atom is 0.234 e. The Kier molecular flexibility index (Phi) is 8.25. The molecule has 31 heavy (non-hydrogen) atoms. The first-order chi connectivity index (χ1) is 15.0. The van der Waals surface area contributed by atoms with E-state index in [1.807, 2.05) is 48.7 Å². The number of hydrogen-bond donors (Lipinski definition) is 1. The second kappa shape index (κ2) is 11.1. The zero-order valence-electron chi connectivity index (χ0n) is 18.0. The lowest BCUT2D eigenvalue weighted by molar-refractivity contribution is -0.113. The van der Waals surface area contributed by atoms with Crippen molar-refractivity contribution in [2.24, 2.45) is 0 Å². The summed E-state index contributed by atoms with van der Waals surface area (Å²) in [5.74, 6) is 1.55. The molecule has 0 fully saturated rings. The van der Waals surface area contributed by atoms with Crippen molar-refractivity contribution in [1.82, 2.24) is 24.7 Å². The number of nitrogens with zero attached hydrogens (tertiary/aromatic N) is 5. The zero-order valence-corrected chi connectivity index (χ0v) is 19.6. The Labute approximate surface area is 191 Å². The summed E-state index contributed by atoms with van der Waals surface area (Å²) in [6, 6.07) is 9.83. The van der Waals surface area contributed by atoms with Gasteiger partial charge < -0.3 is 9.88 Å². The summed E-state index contributed by atoms with van der Waals surface area (Å²) >= 11 is 2.87. The molecule has 0 radical (unpaired) electrons. The minimum atomic E-state index is -0.0815. The maximum atomic E-state index is 12.4. The first-order valence-corrected chi connectivity index (χ1v) is 11.9. The van der Waals surface area contributed by atoms with E-state index in [4.69, 9.17) is 0 Å². The molecule has 0 saturated heterocycles. The lowest BCUT2D eigenvalue weighted by atomic mass is 10.1. The van der Waals surface area contributed by atoms with Gasteiger partial charge in [0.25, 0.3) is 0 Å². The molecular weight excluding hydrogens is 428 g/mol. The van der Waals surface area contributed by atoms with Gasteiger partial charge in [-0.1, -0.05) is 48.7 Å². The zero-order chi connectivity index (χ0) is 22.2. The van der Waals surface area contributed by atoms with E-state index in [1.165, 1.54) is 29.1 Å². The van der Waals surface area contributed by atoms with Gasteiger partial charge in [0.15, 0.2) is 10.3 Å². The van der Waals surface area contributed by atoms with Crippen molar-refractivity contribution < 1.29 is 4.79 Å². The molecule has 2 aromatic heterocycles. The number of nitrogens with one attached hydrogen (secondary N) is 1. The van der Waals surface area contributed by atoms with E-state index in [-0.39, 0.29) is 11.7 Å². The fraction of sp³-hybridized carbons (Fsp3) is 0.318. The monoisotopic (exact) mass is 454 g/mol. The molecule has 0 aliphatic carbocycles. The van der Waals surface area contributed by atoms with Gasteiger partial charge in [-0.05, 0) is 44.0 Å². The quantitative estimate of drug-likeness (QED) is 0.275. The molecule has 9 heteroatoms. The van der Waals surface area contributed by atoms with E-state index >= 15 is 0 Å². The number of rotatable bonds is 10. The van der Waals surface area contributed by atoms with Crippen LogP contribution < -0.4 is 5.32 Å². The van der Waals surface area contributed by atoms with Crippen LogP contribution in [0.15, 0.2) is 53.3 Å². The van der Waals surface area contributed by atoms with Gasteiger partial charge in [0, 0.05) is 23.6 Å². The van der Waals surface area contributed by atoms with Gasteiger partial charge >= 0.3 is 0 Å². The Morgan fingerprint density at radius 2 is 1.84 bits per heavy atom. The van der Waals surface area contributed by atoms with Gasteiger partial charge in [-0.3, -0.25) is 4.79 Å². The predicted molar refractivity (Wildman–Crippen MR) is 126 cm³/mol. The van der Waals surface area contributed by atoms with Crippen LogP contribution in [0, 0.1) is 13.8 Å². The number of anilines is 1. The SMILES string of the molecule is C=CCn1c(CSc2nc(C)cc(C)n2)nnc1SCC(=O)Nc1ccc(CC)cc1. The number of allylic oxidation sites excluding steroid dienone is 1. The highest BCUT2D eigenvalue weighted by Crippen LogP contribution is 2.23. The summed E-state index contributed by atoms with van der Waals surface area (Å²) in [6.45, 7) is 10.4. The van der Waals surface area contributed by atoms with Crippen LogP contribution in [-0.2, 0) is 23.5 Å². The third kappa shape index (κ3) is 6.67. The first kappa shape index (κ1) is 23.0. The normalized spacial score (nSPS) is 10.8. The Bertz CT molecular complexity index is 1030. The number of amides is 1. The minimum Gasteiger partial charge on any atom is -0.325 e. The molecule has 3 aromatic rings. The summed E-state index contributed by atoms with van der Waals surface area (Å²) in [5, 5.41) is 12.9. The number of carbonyl (C=O) groups excluding carboxylic acids is 1. The summed E-state index contributed by atoms with van der Waals surface area (Å²) in [4.78, 5) is 21.3. The summed E-state index contributed by atoms with van der Waals surface area (Å²) < 4.78 is 1.97. The predicted octanol–water partition coefficient (Wildman–Crippen LogP) is 4.46. The smallest absolute Gasteiger partial charge is 0.234 e. The van der Waals surface area contributed by atoms with Crippen LogP contribution in [0.5, 0.6) is 0 Å². The Morgan fingerprint density at radius 3 is 2.48 bits per heavy atom. The van der Waals surface area contributed by atoms with Crippen molar-refractivity contribution >= 4 is 35.1 Å². The van der Waals surface area contributed by atoms with Crippen molar-refractivity contribution in [1.29, 1.82) is 0 Å². The van der Waals surface area contributed by atoms with Crippen molar-refractivity contribution in [2.75, 3.05) is 11.1 Å². The van der Waals surface area contributed by atoms with E-state index in [1.54, 1.807) is 6.08 Å². The standard InChI is InChI=1S/C22H26N6OS2/c1-5-11-28-19(13-30-21-23-15(3)12-16(4)24-21)26-27-22(28)31-14-20(29)25-18-9-7-17(6-2)8-10-18/h5,7-10,12H,1,6,11,13-14H2,2-4H3,(H,25,29). The van der Waals surface area contributed by atoms with Crippen LogP contribution >= 0.6 is 23.5 Å². The molecule has 0 aliphatic rings. The molecule has 7 nitrogen and oxygen atoms in total. The number of benzene rings is 1. The van der Waals surface area contributed by atoms with Crippen LogP contribution in [0.2, 0.25) is 0 Å². The van der Waals surface area contributed by atoms with Crippen LogP contribution in [0.4, 0.5) is 5.69 Å². The van der Waals surface area contributed by atoms with Gasteiger partial charge in [0.05, 0.1) is 11.5 Å². The number of aryl methyl sites for hydroxylation is 3. The topological polar surface area (TPSA) is 85.6 Å². The average Bonchev–Trinajstić information content (AvgIpc) is 3.12. The van der Waals surface area contributed by atoms with Crippen LogP contribution in [0.25, 0.3) is 0 Å². The second-order valence-electron chi connectivity index (χ2n) is 6.91. The number of carbonyl (C=O) groups is 1. The van der Waals surface area contributed by atoms with Gasteiger partial charge in [-0.2, -0.15) is 0 Å². The van der Waals surface area contributed by atoms with Crippen molar-refractivity contribution in [3.63, 3.8) is 0 Å². The van der Waals surface area contributed by atoms with Gasteiger partial charge in [0.1, 0.15) is 5.82 Å². The van der Waals surface area contributed by atoms with Gasteiger partial charge in [-0.15, -0.1) is 16.8 Å². The van der Waals surface area contributed by atoms with Crippen LogP contribution in [0.3, 0.4) is 0 Å². The second-order valence-corrected chi connectivity index (χ2v) is 8.79. The lowest BCUT2D eigenvalue weighted by Crippen LogP contribution is -2.14. The molecule has 1 amide bonds. The van der Waals surface area contributed by atoms with Crippen molar-refractivity contribution in [3.8, 4) is 0 Å². The molecule has 0 unspecified atom stereocenters. The maximum absolute atomic E-state index is 12.4. The minimum absolute atomic E-state index is 0.0815. The summed E-state index contributed by atoms with van der Waals surface area (Å²) in [5.41, 5.74) is 3.91. The lowest BCUT2D eigenvalue weighted by Gasteiger charge is -2.08. The molecule has 2 heterocycles. The fourth-order valence-electron chi connectivity index (χ4n) is 2.88. The molecular formula is C22H26N6OS2. The first-order valence-electron chi connectivity index (χ1n) is 9.98. The number of thioether (sulfide) groups is 2. The summed E-state index contributed by atoms with van der Waals surface area (Å²) in [7, 11) is 0. The van der Waals surface area contributed by atoms with Crippen molar-refractivity contribution in [2.45, 2.75) is 49.8 Å². The highest BCUT2D eigenvalue weighted by Gasteiger charge is 2.15. The molecule has 1 aromatic carbocycles. The van der Waals surface area contributed by atoms with E-state index in [0.29, 0.717) is 22.6 Å². The molecule has 0 aliphatic heterocycles. The third-order valence-electron chi connectivity index (χ3n) is 4.38. The average molecular weight is 455 g/mol. The van der Waals surface area contributed by atoms with Crippen LogP contribution in [0.1, 0.15) is 29.7 Å². The van der Waals surface area contributed by atoms with Gasteiger partial charge in [0.2, 0.25) is 5.91 Å². The van der Waals surface area contributed by atoms with E-state index in [2.05, 4.69) is 39.0 Å². The van der Waals surface area contributed by atoms with E-state index < -0.39 is 0 Å². The highest BCUT2D eigenvalue weighted by molar-refractivity contribution is 7.99. The molecule has 0 spiro atoms. The largest absolute Gasteiger partial charge is 0.325 e. The van der Waals surface area contributed by atoms with Crippen LogP contribution in [-0.4, -0.2) is 36.4 Å². The molecule has 3 rings (SSSR count). The molecule has 0 atom stereocenters. The number of aromatic nitrogens is 5. The Hall–Kier alpha value is -2.65. The third-order valence-corrected chi connectivity index (χ3v) is 6.19. The van der Waals surface area contributed by atoms with E-state index in [0.717, 1.165) is 29.3 Å². The molecule has 162 valence electrons. The van der Waals surface area contributed by atoms with Crippen molar-refractivity contribution in [3.05, 3.63) is 65.8 Å². The molecule has 0 bridgehead atoms. The molecule has 0 saturated carbocycles. The van der Waals surface area contributed by atoms with E-state index in [9.17, 15) is 4.79 Å². The fourth-order valence-corrected chi connectivity index (χ4v) is 4.54. The number of hydrogen-bond acceptors (Lipinski definition) is 7. The Morgan fingerprint density at radius 1 is 1.13 bits per heavy atom. The highest BCUT2D eigenvalue weighted by atomic mass is 32.2. The summed E-state index contributed by atoms with van der Waals surface area (Å²) in [6.07, 6.45) is 2.77.